The van der Waals surface area contributed by atoms with Crippen molar-refractivity contribution in [3.63, 3.8) is 0 Å². The molecule has 2 fully saturated rings. The summed E-state index contributed by atoms with van der Waals surface area (Å²) < 4.78 is 10.5. The van der Waals surface area contributed by atoms with E-state index in [1.807, 2.05) is 0 Å². The van der Waals surface area contributed by atoms with E-state index in [0.29, 0.717) is 29.0 Å². The van der Waals surface area contributed by atoms with Crippen LogP contribution in [0.15, 0.2) is 18.2 Å². The van der Waals surface area contributed by atoms with Crippen molar-refractivity contribution in [1.29, 1.82) is 0 Å². The first-order valence-electron chi connectivity index (χ1n) is 6.72. The number of ether oxygens (including phenoxy) is 2. The Bertz CT molecular complexity index is 531. The molecule has 0 aromatic heterocycles. The third-order valence-corrected chi connectivity index (χ3v) is 4.28. The molecule has 0 spiro atoms. The van der Waals surface area contributed by atoms with Crippen LogP contribution in [0.5, 0.6) is 11.5 Å². The van der Waals surface area contributed by atoms with E-state index in [0.717, 1.165) is 13.1 Å². The molecule has 0 saturated carbocycles. The summed E-state index contributed by atoms with van der Waals surface area (Å²) in [5.74, 6) is 1.97. The molecule has 1 aromatic carbocycles. The predicted octanol–water partition coefficient (Wildman–Crippen LogP) is 0.849. The van der Waals surface area contributed by atoms with Crippen molar-refractivity contribution in [2.75, 3.05) is 26.4 Å². The molecule has 3 atom stereocenters. The standard InChI is InChI=1S/C14H16N2O3/c17-14(15-11-7-16-4-3-10(11)6-16)9-1-2-12-13(5-9)19-8-18-12/h1-2,5,10-11H,3-4,6-8H2,(H,15,17)/t10-,11+/m1/s1. The molecule has 3 aliphatic heterocycles. The molecule has 4 rings (SSSR count). The smallest absolute Gasteiger partial charge is 0.251 e. The van der Waals surface area contributed by atoms with Gasteiger partial charge in [0.25, 0.3) is 5.91 Å². The molecule has 5 nitrogen and oxygen atoms in total. The van der Waals surface area contributed by atoms with E-state index < -0.39 is 0 Å². The number of hydrogen-bond donors (Lipinski definition) is 1. The van der Waals surface area contributed by atoms with Crippen LogP contribution in [0.3, 0.4) is 0 Å². The van der Waals surface area contributed by atoms with Crippen molar-refractivity contribution < 1.29 is 14.3 Å². The van der Waals surface area contributed by atoms with Crippen molar-refractivity contribution in [2.24, 2.45) is 5.92 Å². The van der Waals surface area contributed by atoms with Crippen molar-refractivity contribution in [2.45, 2.75) is 12.5 Å². The average Bonchev–Trinajstić information content (AvgIpc) is 3.13. The fourth-order valence-corrected chi connectivity index (χ4v) is 3.24. The fraction of sp³-hybridized carbons (Fsp3) is 0.500. The first kappa shape index (κ1) is 11.1. The molecule has 1 unspecified atom stereocenters. The molecule has 19 heavy (non-hydrogen) atoms. The lowest BCUT2D eigenvalue weighted by Crippen LogP contribution is -2.43. The topological polar surface area (TPSA) is 50.8 Å². The molecule has 1 N–H and O–H groups in total. The van der Waals surface area contributed by atoms with Gasteiger partial charge in [-0.1, -0.05) is 0 Å². The minimum atomic E-state index is -0.0166. The number of carbonyl (C=O) groups excluding carboxylic acids is 1. The van der Waals surface area contributed by atoms with Crippen LogP contribution in [-0.4, -0.2) is 43.3 Å². The number of fused-ring (bicyclic) bond motifs is 3. The lowest BCUT2D eigenvalue weighted by atomic mass is 9.99. The van der Waals surface area contributed by atoms with Gasteiger partial charge in [0.05, 0.1) is 0 Å². The highest BCUT2D eigenvalue weighted by atomic mass is 16.7. The van der Waals surface area contributed by atoms with E-state index in [9.17, 15) is 4.79 Å². The summed E-state index contributed by atoms with van der Waals surface area (Å²) in [5.41, 5.74) is 0.641. The van der Waals surface area contributed by atoms with Crippen molar-refractivity contribution >= 4 is 5.91 Å². The normalized spacial score (nSPS) is 30.6. The van der Waals surface area contributed by atoms with Gasteiger partial charge in [-0.25, -0.2) is 0 Å². The van der Waals surface area contributed by atoms with Crippen LogP contribution >= 0.6 is 0 Å². The Balaban J connectivity index is 1.48. The molecule has 0 radical (unpaired) electrons. The third-order valence-electron chi connectivity index (χ3n) is 4.28. The van der Waals surface area contributed by atoms with Crippen molar-refractivity contribution in [3.05, 3.63) is 23.8 Å². The number of benzene rings is 1. The maximum atomic E-state index is 12.3. The molecule has 3 heterocycles. The Hall–Kier alpha value is -1.75. The van der Waals surface area contributed by atoms with Crippen LogP contribution in [0.25, 0.3) is 0 Å². The molecule has 2 saturated heterocycles. The Labute approximate surface area is 111 Å². The second-order valence-electron chi connectivity index (χ2n) is 5.46. The van der Waals surface area contributed by atoms with Gasteiger partial charge in [-0.05, 0) is 37.1 Å². The molecule has 5 heteroatoms. The van der Waals surface area contributed by atoms with Crippen LogP contribution in [0.4, 0.5) is 0 Å². The summed E-state index contributed by atoms with van der Waals surface area (Å²) >= 11 is 0. The van der Waals surface area contributed by atoms with Crippen LogP contribution in [0.1, 0.15) is 16.8 Å². The quantitative estimate of drug-likeness (QED) is 0.856. The number of nitrogens with one attached hydrogen (secondary N) is 1. The van der Waals surface area contributed by atoms with Gasteiger partial charge in [0.15, 0.2) is 11.5 Å². The first-order chi connectivity index (χ1) is 9.29. The second-order valence-corrected chi connectivity index (χ2v) is 5.46. The Morgan fingerprint density at radius 3 is 2.95 bits per heavy atom. The Morgan fingerprint density at radius 2 is 2.16 bits per heavy atom. The lowest BCUT2D eigenvalue weighted by Gasteiger charge is -2.23. The van der Waals surface area contributed by atoms with E-state index in [4.69, 9.17) is 9.47 Å². The van der Waals surface area contributed by atoms with Gasteiger partial charge in [0.2, 0.25) is 6.79 Å². The van der Waals surface area contributed by atoms with Gasteiger partial charge in [0.1, 0.15) is 0 Å². The number of piperidine rings is 1. The van der Waals surface area contributed by atoms with Crippen LogP contribution < -0.4 is 14.8 Å². The lowest BCUT2D eigenvalue weighted by molar-refractivity contribution is 0.0924. The highest BCUT2D eigenvalue weighted by Crippen LogP contribution is 2.33. The summed E-state index contributed by atoms with van der Waals surface area (Å²) in [4.78, 5) is 14.7. The highest BCUT2D eigenvalue weighted by Gasteiger charge is 2.38. The number of amides is 1. The number of carbonyl (C=O) groups is 1. The van der Waals surface area contributed by atoms with Gasteiger partial charge in [-0.2, -0.15) is 0 Å². The van der Waals surface area contributed by atoms with Crippen molar-refractivity contribution in [3.8, 4) is 11.5 Å². The largest absolute Gasteiger partial charge is 0.454 e. The molecule has 3 aliphatic rings. The molecule has 1 aromatic rings. The summed E-state index contributed by atoms with van der Waals surface area (Å²) in [7, 11) is 0. The molecular weight excluding hydrogens is 244 g/mol. The average molecular weight is 260 g/mol. The van der Waals surface area contributed by atoms with Crippen LogP contribution in [0.2, 0.25) is 0 Å². The molecule has 1 amide bonds. The minimum Gasteiger partial charge on any atom is -0.454 e. The van der Waals surface area contributed by atoms with Gasteiger partial charge in [0, 0.05) is 24.7 Å². The van der Waals surface area contributed by atoms with Gasteiger partial charge in [-0.3, -0.25) is 4.79 Å². The van der Waals surface area contributed by atoms with Gasteiger partial charge < -0.3 is 19.7 Å². The van der Waals surface area contributed by atoms with E-state index in [2.05, 4.69) is 10.2 Å². The van der Waals surface area contributed by atoms with E-state index >= 15 is 0 Å². The highest BCUT2D eigenvalue weighted by molar-refractivity contribution is 5.95. The van der Waals surface area contributed by atoms with Gasteiger partial charge >= 0.3 is 0 Å². The van der Waals surface area contributed by atoms with E-state index in [-0.39, 0.29) is 12.7 Å². The summed E-state index contributed by atoms with van der Waals surface area (Å²) in [6, 6.07) is 5.63. The summed E-state index contributed by atoms with van der Waals surface area (Å²) in [5, 5.41) is 3.14. The predicted molar refractivity (Wildman–Crippen MR) is 68.4 cm³/mol. The molecule has 2 bridgehead atoms. The third kappa shape index (κ3) is 1.85. The van der Waals surface area contributed by atoms with E-state index in [1.54, 1.807) is 18.2 Å². The zero-order chi connectivity index (χ0) is 12.8. The summed E-state index contributed by atoms with van der Waals surface area (Å²) in [6.45, 7) is 3.54. The zero-order valence-corrected chi connectivity index (χ0v) is 10.6. The molecule has 0 aliphatic carbocycles. The number of rotatable bonds is 2. The molecule has 100 valence electrons. The van der Waals surface area contributed by atoms with Crippen LogP contribution in [-0.2, 0) is 0 Å². The number of hydrogen-bond acceptors (Lipinski definition) is 4. The second kappa shape index (κ2) is 4.13. The monoisotopic (exact) mass is 260 g/mol. The Morgan fingerprint density at radius 1 is 1.26 bits per heavy atom. The molecular formula is C14H16N2O3. The zero-order valence-electron chi connectivity index (χ0n) is 10.6. The first-order valence-corrected chi connectivity index (χ1v) is 6.72. The maximum absolute atomic E-state index is 12.3. The van der Waals surface area contributed by atoms with E-state index in [1.165, 1.54) is 13.0 Å². The maximum Gasteiger partial charge on any atom is 0.251 e. The Kier molecular flexibility index (Phi) is 2.41. The van der Waals surface area contributed by atoms with Gasteiger partial charge in [-0.15, -0.1) is 0 Å². The summed E-state index contributed by atoms with van der Waals surface area (Å²) in [6.07, 6.45) is 1.20. The number of nitrogens with zero attached hydrogens (tertiary/aromatic N) is 1. The van der Waals surface area contributed by atoms with Crippen LogP contribution in [0, 0.1) is 5.92 Å². The minimum absolute atomic E-state index is 0.0166. The SMILES string of the molecule is O=C(N[C@H]1CN2CC[C@@H]1C2)c1ccc2c(c1)OCO2. The fourth-order valence-electron chi connectivity index (χ4n) is 3.24. The van der Waals surface area contributed by atoms with Crippen molar-refractivity contribution in [1.82, 2.24) is 10.2 Å².